The lowest BCUT2D eigenvalue weighted by atomic mass is 9.79. The van der Waals surface area contributed by atoms with Crippen LogP contribution in [0.1, 0.15) is 18.4 Å². The lowest BCUT2D eigenvalue weighted by Gasteiger charge is -2.34. The summed E-state index contributed by atoms with van der Waals surface area (Å²) in [6.45, 7) is 1.34. The predicted molar refractivity (Wildman–Crippen MR) is 88.7 cm³/mol. The third-order valence-electron chi connectivity index (χ3n) is 4.12. The number of allylic oxidation sites excluding steroid dienone is 1. The second-order valence-electron chi connectivity index (χ2n) is 5.78. The fourth-order valence-electron chi connectivity index (χ4n) is 3.05. The molecule has 0 saturated heterocycles. The van der Waals surface area contributed by atoms with Crippen molar-refractivity contribution < 1.29 is 29.8 Å². The van der Waals surface area contributed by atoms with Crippen molar-refractivity contribution in [3.63, 3.8) is 0 Å². The number of hydrogen-bond acceptors (Lipinski definition) is 9. The van der Waals surface area contributed by atoms with Crippen molar-refractivity contribution in [1.29, 1.82) is 0 Å². The Balaban J connectivity index is 2.71. The van der Waals surface area contributed by atoms with E-state index >= 15 is 0 Å². The molecule has 0 saturated carbocycles. The number of carbonyl (C=O) groups is 2. The highest BCUT2D eigenvalue weighted by molar-refractivity contribution is 5.97. The zero-order valence-electron chi connectivity index (χ0n) is 14.4. The fourth-order valence-corrected chi connectivity index (χ4v) is 3.05. The van der Waals surface area contributed by atoms with Crippen LogP contribution in [0.3, 0.4) is 0 Å². The van der Waals surface area contributed by atoms with E-state index in [1.165, 1.54) is 25.1 Å². The number of aliphatic hydroxyl groups excluding tert-OH is 1. The van der Waals surface area contributed by atoms with Crippen molar-refractivity contribution in [3.8, 4) is 0 Å². The van der Waals surface area contributed by atoms with Gasteiger partial charge < -0.3 is 35.5 Å². The third-order valence-corrected chi connectivity index (χ3v) is 4.12. The first-order valence-corrected chi connectivity index (χ1v) is 7.98. The number of aliphatic carboxylic acids is 2. The maximum absolute atomic E-state index is 11.8. The van der Waals surface area contributed by atoms with Crippen LogP contribution < -0.4 is 20.8 Å². The van der Waals surface area contributed by atoms with Crippen molar-refractivity contribution in [2.24, 2.45) is 0 Å². The summed E-state index contributed by atoms with van der Waals surface area (Å²) >= 11 is 0. The summed E-state index contributed by atoms with van der Waals surface area (Å²) in [6, 6.07) is 5.30. The van der Waals surface area contributed by atoms with E-state index in [9.17, 15) is 29.9 Å². The Bertz CT molecular complexity index is 845. The van der Waals surface area contributed by atoms with Gasteiger partial charge in [-0.2, -0.15) is 0 Å². The van der Waals surface area contributed by atoms with E-state index < -0.39 is 39.6 Å². The van der Waals surface area contributed by atoms with Crippen molar-refractivity contribution in [2.45, 2.75) is 12.8 Å². The molecule has 0 spiro atoms. The molecule has 0 aromatic heterocycles. The summed E-state index contributed by atoms with van der Waals surface area (Å²) in [5.41, 5.74) is -1.19. The van der Waals surface area contributed by atoms with Crippen molar-refractivity contribution in [1.82, 2.24) is 10.6 Å². The molecule has 27 heavy (non-hydrogen) atoms. The molecule has 0 amide bonds. The molecule has 0 bridgehead atoms. The first-order valence-electron chi connectivity index (χ1n) is 7.98. The Labute approximate surface area is 154 Å². The summed E-state index contributed by atoms with van der Waals surface area (Å²) in [5, 5.41) is 49.3. The molecule has 0 aliphatic carbocycles. The highest BCUT2D eigenvalue weighted by atomic mass is 16.6. The van der Waals surface area contributed by atoms with Crippen molar-refractivity contribution >= 4 is 17.6 Å². The number of nitro groups is 1. The third kappa shape index (κ3) is 4.13. The molecule has 0 fully saturated rings. The number of nitro benzene ring substituents is 1. The number of rotatable bonds is 8. The number of nitrogens with one attached hydrogen (secondary N) is 2. The standard InChI is InChI=1S/C17H19N3O7/c1-9-13(16(22)23)14(10-4-2-3-5-12(10)20(26)27)15(17(24)25)11(19-9)8-18-6-7-21/h2-5,14,18-19,21H,6-8H2,1H3,(H,22,23)(H,24,25)/p-2. The zero-order chi connectivity index (χ0) is 20.1. The number of carboxylic acids is 2. The molecule has 144 valence electrons. The van der Waals surface area contributed by atoms with Crippen LogP contribution in [0.2, 0.25) is 0 Å². The minimum Gasteiger partial charge on any atom is -0.545 e. The number of benzene rings is 1. The second kappa shape index (κ2) is 8.43. The van der Waals surface area contributed by atoms with Gasteiger partial charge in [0.25, 0.3) is 5.69 Å². The number of nitrogens with zero attached hydrogens (tertiary/aromatic N) is 1. The molecule has 1 unspecified atom stereocenters. The van der Waals surface area contributed by atoms with Crippen LogP contribution in [0.4, 0.5) is 5.69 Å². The van der Waals surface area contributed by atoms with Crippen LogP contribution in [0, 0.1) is 10.1 Å². The topological polar surface area (TPSA) is 168 Å². The predicted octanol–water partition coefficient (Wildman–Crippen LogP) is -2.11. The molecule has 2 rings (SSSR count). The highest BCUT2D eigenvalue weighted by Crippen LogP contribution is 2.41. The Kier molecular flexibility index (Phi) is 6.27. The largest absolute Gasteiger partial charge is 0.545 e. The molecular weight excluding hydrogens is 358 g/mol. The first kappa shape index (κ1) is 20.1. The number of carbonyl (C=O) groups excluding carboxylic acids is 2. The smallest absolute Gasteiger partial charge is 0.273 e. The van der Waals surface area contributed by atoms with Gasteiger partial charge in [0.1, 0.15) is 0 Å². The van der Waals surface area contributed by atoms with Gasteiger partial charge in [0.2, 0.25) is 0 Å². The molecule has 0 radical (unpaired) electrons. The van der Waals surface area contributed by atoms with Gasteiger partial charge in [-0.1, -0.05) is 18.2 Å². The van der Waals surface area contributed by atoms with E-state index in [-0.39, 0.29) is 36.7 Å². The average Bonchev–Trinajstić information content (AvgIpc) is 2.60. The molecule has 1 aliphatic heterocycles. The Morgan fingerprint density at radius 1 is 1.22 bits per heavy atom. The summed E-state index contributed by atoms with van der Waals surface area (Å²) in [6.07, 6.45) is 0. The van der Waals surface area contributed by atoms with E-state index in [0.717, 1.165) is 6.07 Å². The Morgan fingerprint density at radius 2 is 1.85 bits per heavy atom. The normalized spacial score (nSPS) is 16.9. The highest BCUT2D eigenvalue weighted by Gasteiger charge is 2.35. The van der Waals surface area contributed by atoms with Crippen molar-refractivity contribution in [2.75, 3.05) is 19.7 Å². The molecule has 1 aromatic rings. The number of para-hydroxylation sites is 1. The van der Waals surface area contributed by atoms with Gasteiger partial charge in [-0.3, -0.25) is 10.1 Å². The van der Waals surface area contributed by atoms with Gasteiger partial charge in [-0.15, -0.1) is 0 Å². The maximum Gasteiger partial charge on any atom is 0.273 e. The van der Waals surface area contributed by atoms with Gasteiger partial charge in [0.05, 0.1) is 23.5 Å². The van der Waals surface area contributed by atoms with E-state index in [2.05, 4.69) is 10.6 Å². The average molecular weight is 375 g/mol. The van der Waals surface area contributed by atoms with Crippen molar-refractivity contribution in [3.05, 3.63) is 62.5 Å². The number of carboxylic acid groups (broad SMARTS) is 2. The molecule has 1 aromatic carbocycles. The number of dihydropyridines is 1. The number of hydrogen-bond donors (Lipinski definition) is 3. The molecule has 3 N–H and O–H groups in total. The minimum atomic E-state index is -1.67. The quantitative estimate of drug-likeness (QED) is 0.262. The molecule has 1 heterocycles. The van der Waals surface area contributed by atoms with Crippen LogP contribution in [0.15, 0.2) is 46.8 Å². The monoisotopic (exact) mass is 375 g/mol. The summed E-state index contributed by atoms with van der Waals surface area (Å²) in [7, 11) is 0. The van der Waals surface area contributed by atoms with Crippen LogP contribution in [0.25, 0.3) is 0 Å². The van der Waals surface area contributed by atoms with Gasteiger partial charge in [-0.25, -0.2) is 0 Å². The van der Waals surface area contributed by atoms with E-state index in [1.807, 2.05) is 0 Å². The van der Waals surface area contributed by atoms with E-state index in [1.54, 1.807) is 0 Å². The van der Waals surface area contributed by atoms with Gasteiger partial charge in [0, 0.05) is 53.2 Å². The minimum absolute atomic E-state index is 0.0430. The molecule has 10 heteroatoms. The summed E-state index contributed by atoms with van der Waals surface area (Å²) < 4.78 is 0. The molecular formula is C17H17N3O7-2. The first-order chi connectivity index (χ1) is 12.8. The fraction of sp³-hybridized carbons (Fsp3) is 0.294. The lowest BCUT2D eigenvalue weighted by Crippen LogP contribution is -2.42. The molecule has 1 aliphatic rings. The zero-order valence-corrected chi connectivity index (χ0v) is 14.4. The molecule has 10 nitrogen and oxygen atoms in total. The summed E-state index contributed by atoms with van der Waals surface area (Å²) in [4.78, 5) is 34.2. The second-order valence-corrected chi connectivity index (χ2v) is 5.78. The van der Waals surface area contributed by atoms with Crippen LogP contribution in [-0.2, 0) is 9.59 Å². The van der Waals surface area contributed by atoms with Crippen LogP contribution in [0.5, 0.6) is 0 Å². The maximum atomic E-state index is 11.8. The molecule has 1 atom stereocenters. The Morgan fingerprint density at radius 3 is 2.41 bits per heavy atom. The van der Waals surface area contributed by atoms with E-state index in [0.29, 0.717) is 0 Å². The number of aliphatic hydroxyl groups is 1. The lowest BCUT2D eigenvalue weighted by molar-refractivity contribution is -0.385. The van der Waals surface area contributed by atoms with Crippen LogP contribution in [-0.4, -0.2) is 41.7 Å². The Hall–Kier alpha value is -3.24. The van der Waals surface area contributed by atoms with E-state index in [4.69, 9.17) is 5.11 Å². The van der Waals surface area contributed by atoms with Gasteiger partial charge >= 0.3 is 0 Å². The van der Waals surface area contributed by atoms with Gasteiger partial charge in [-0.05, 0) is 6.92 Å². The summed E-state index contributed by atoms with van der Waals surface area (Å²) in [5.74, 6) is -4.77. The SMILES string of the molecule is CC1=C(C(=O)[O-])C(c2ccccc2[N+](=O)[O-])C(C(=O)[O-])=C(CNCCO)N1. The van der Waals surface area contributed by atoms with Crippen LogP contribution >= 0.6 is 0 Å². The van der Waals surface area contributed by atoms with Gasteiger partial charge in [0.15, 0.2) is 0 Å².